The summed E-state index contributed by atoms with van der Waals surface area (Å²) in [5, 5.41) is 2.11. The Labute approximate surface area is 167 Å². The van der Waals surface area contributed by atoms with E-state index in [0.717, 1.165) is 17.4 Å². The molecule has 0 unspecified atom stereocenters. The molecule has 2 heterocycles. The van der Waals surface area contributed by atoms with Crippen molar-refractivity contribution in [1.29, 1.82) is 0 Å². The Morgan fingerprint density at radius 2 is 1.81 bits per heavy atom. The molecule has 4 aromatic rings. The molecule has 5 heteroatoms. The Bertz CT molecular complexity index is 1120. The second-order valence-corrected chi connectivity index (χ2v) is 7.28. The minimum atomic E-state index is -0.00733. The smallest absolute Gasteiger partial charge is 0.182 e. The van der Waals surface area contributed by atoms with Gasteiger partial charge < -0.3 is 4.57 Å². The Balaban J connectivity index is 1.62. The van der Waals surface area contributed by atoms with E-state index >= 15 is 0 Å². The van der Waals surface area contributed by atoms with Crippen molar-refractivity contribution in [2.75, 3.05) is 0 Å². The van der Waals surface area contributed by atoms with Crippen LogP contribution in [-0.2, 0) is 13.1 Å². The van der Waals surface area contributed by atoms with Crippen LogP contribution in [0.2, 0.25) is 10.0 Å². The van der Waals surface area contributed by atoms with Gasteiger partial charge in [0.1, 0.15) is 0 Å². The van der Waals surface area contributed by atoms with Gasteiger partial charge in [0, 0.05) is 28.4 Å². The van der Waals surface area contributed by atoms with Crippen molar-refractivity contribution >= 4 is 39.9 Å². The first-order valence-electron chi connectivity index (χ1n) is 8.60. The molecule has 0 fully saturated rings. The van der Waals surface area contributed by atoms with Crippen LogP contribution >= 0.6 is 23.2 Å². The summed E-state index contributed by atoms with van der Waals surface area (Å²) in [6.07, 6.45) is 5.83. The number of hydrogen-bond acceptors (Lipinski definition) is 1. The minimum absolute atomic E-state index is 0.00733. The summed E-state index contributed by atoms with van der Waals surface area (Å²) in [6.45, 7) is 0.978. The summed E-state index contributed by atoms with van der Waals surface area (Å²) >= 11 is 12.4. The summed E-state index contributed by atoms with van der Waals surface area (Å²) in [6, 6.07) is 19.2. The number of halogens is 2. The fraction of sp³-hybridized carbons (Fsp3) is 0.0909. The summed E-state index contributed by atoms with van der Waals surface area (Å²) in [7, 11) is 0. The minimum Gasteiger partial charge on any atom is -0.338 e. The summed E-state index contributed by atoms with van der Waals surface area (Å²) < 4.78 is 3.97. The molecule has 0 atom stereocenters. The first-order valence-corrected chi connectivity index (χ1v) is 9.36. The average molecular weight is 396 g/mol. The maximum Gasteiger partial charge on any atom is 0.182 e. The van der Waals surface area contributed by atoms with Gasteiger partial charge in [-0.25, -0.2) is 0 Å². The molecular formula is C22H17Cl2N2O+. The fourth-order valence-corrected chi connectivity index (χ4v) is 3.63. The predicted octanol–water partition coefficient (Wildman–Crippen LogP) is 5.17. The van der Waals surface area contributed by atoms with Crippen LogP contribution < -0.4 is 4.57 Å². The highest BCUT2D eigenvalue weighted by Gasteiger charge is 2.15. The largest absolute Gasteiger partial charge is 0.338 e. The molecule has 2 aromatic heterocycles. The SMILES string of the molecule is O=C(Cn1cc(Cl)c2c[n+](Cc3ccccc3)ccc21)c1cccc(Cl)c1. The van der Waals surface area contributed by atoms with Gasteiger partial charge in [-0.15, -0.1) is 0 Å². The van der Waals surface area contributed by atoms with Crippen molar-refractivity contribution in [3.63, 3.8) is 0 Å². The highest BCUT2D eigenvalue weighted by atomic mass is 35.5. The lowest BCUT2D eigenvalue weighted by molar-refractivity contribution is -0.687. The third kappa shape index (κ3) is 3.90. The third-order valence-electron chi connectivity index (χ3n) is 4.50. The molecule has 0 amide bonds. The first kappa shape index (κ1) is 17.8. The molecule has 2 aromatic carbocycles. The number of aromatic nitrogens is 2. The molecule has 0 spiro atoms. The molecule has 0 bridgehead atoms. The predicted molar refractivity (Wildman–Crippen MR) is 108 cm³/mol. The van der Waals surface area contributed by atoms with E-state index < -0.39 is 0 Å². The number of ketones is 1. The number of fused-ring (bicyclic) bond motifs is 1. The molecule has 27 heavy (non-hydrogen) atoms. The number of nitrogens with zero attached hydrogens (tertiary/aromatic N) is 2. The Morgan fingerprint density at radius 3 is 2.59 bits per heavy atom. The summed E-state index contributed by atoms with van der Waals surface area (Å²) in [5.41, 5.74) is 2.74. The Kier molecular flexibility index (Phi) is 4.97. The van der Waals surface area contributed by atoms with Crippen LogP contribution in [0.3, 0.4) is 0 Å². The normalized spacial score (nSPS) is 11.0. The third-order valence-corrected chi connectivity index (χ3v) is 5.04. The lowest BCUT2D eigenvalue weighted by atomic mass is 10.1. The molecule has 0 radical (unpaired) electrons. The molecular weight excluding hydrogens is 379 g/mol. The zero-order valence-electron chi connectivity index (χ0n) is 14.5. The first-order chi connectivity index (χ1) is 13.1. The van der Waals surface area contributed by atoms with E-state index in [0.29, 0.717) is 15.6 Å². The molecule has 134 valence electrons. The van der Waals surface area contributed by atoms with Gasteiger partial charge in [0.05, 0.1) is 22.5 Å². The van der Waals surface area contributed by atoms with Crippen molar-refractivity contribution in [2.24, 2.45) is 0 Å². The number of hydrogen-bond donors (Lipinski definition) is 0. The fourth-order valence-electron chi connectivity index (χ4n) is 3.17. The Hall–Kier alpha value is -2.62. The maximum atomic E-state index is 12.6. The summed E-state index contributed by atoms with van der Waals surface area (Å²) in [5.74, 6) is -0.00733. The molecule has 3 nitrogen and oxygen atoms in total. The zero-order chi connectivity index (χ0) is 18.8. The monoisotopic (exact) mass is 395 g/mol. The van der Waals surface area contributed by atoms with E-state index in [-0.39, 0.29) is 12.3 Å². The maximum absolute atomic E-state index is 12.6. The van der Waals surface area contributed by atoms with Crippen molar-refractivity contribution in [1.82, 2.24) is 4.57 Å². The van der Waals surface area contributed by atoms with Crippen molar-refractivity contribution in [3.8, 4) is 0 Å². The number of carbonyl (C=O) groups excluding carboxylic acids is 1. The summed E-state index contributed by atoms with van der Waals surface area (Å²) in [4.78, 5) is 12.6. The van der Waals surface area contributed by atoms with Crippen molar-refractivity contribution < 1.29 is 9.36 Å². The van der Waals surface area contributed by atoms with E-state index in [1.54, 1.807) is 24.3 Å². The molecule has 0 saturated carbocycles. The topological polar surface area (TPSA) is 25.9 Å². The standard InChI is InChI=1S/C22H17Cl2N2O/c23-18-8-4-7-17(11-18)22(27)15-26-14-20(24)19-13-25(10-9-21(19)26)12-16-5-2-1-3-6-16/h1-11,13-14H,12,15H2/q+1. The number of Topliss-reactive ketones (excluding diaryl/α,β-unsaturated/α-hetero) is 1. The highest BCUT2D eigenvalue weighted by Crippen LogP contribution is 2.25. The van der Waals surface area contributed by atoms with Gasteiger partial charge in [-0.3, -0.25) is 4.79 Å². The van der Waals surface area contributed by atoms with Crippen molar-refractivity contribution in [2.45, 2.75) is 13.1 Å². The van der Waals surface area contributed by atoms with Crippen LogP contribution in [0, 0.1) is 0 Å². The van der Waals surface area contributed by atoms with E-state index in [4.69, 9.17) is 23.2 Å². The van der Waals surface area contributed by atoms with Crippen LogP contribution in [0.4, 0.5) is 0 Å². The van der Waals surface area contributed by atoms with Gasteiger partial charge in [0.15, 0.2) is 24.7 Å². The Morgan fingerprint density at radius 1 is 1.00 bits per heavy atom. The molecule has 0 aliphatic rings. The van der Waals surface area contributed by atoms with Gasteiger partial charge in [-0.1, -0.05) is 65.7 Å². The van der Waals surface area contributed by atoms with E-state index in [1.165, 1.54) is 5.56 Å². The second kappa shape index (κ2) is 7.55. The van der Waals surface area contributed by atoms with Crippen LogP contribution in [-0.4, -0.2) is 10.4 Å². The van der Waals surface area contributed by atoms with Crippen molar-refractivity contribution in [3.05, 3.63) is 100 Å². The molecule has 0 N–H and O–H groups in total. The molecule has 0 aliphatic carbocycles. The molecule has 0 saturated heterocycles. The number of carbonyl (C=O) groups is 1. The van der Waals surface area contributed by atoms with Gasteiger partial charge >= 0.3 is 0 Å². The van der Waals surface area contributed by atoms with Gasteiger partial charge in [0.2, 0.25) is 0 Å². The van der Waals surface area contributed by atoms with Gasteiger partial charge in [0.25, 0.3) is 0 Å². The quantitative estimate of drug-likeness (QED) is 0.338. The second-order valence-electron chi connectivity index (χ2n) is 6.44. The van der Waals surface area contributed by atoms with E-state index in [2.05, 4.69) is 16.7 Å². The van der Waals surface area contributed by atoms with Gasteiger partial charge in [-0.05, 0) is 12.1 Å². The lowest BCUT2D eigenvalue weighted by Crippen LogP contribution is -2.33. The van der Waals surface area contributed by atoms with Crippen LogP contribution in [0.5, 0.6) is 0 Å². The van der Waals surface area contributed by atoms with Crippen LogP contribution in [0.15, 0.2) is 79.3 Å². The zero-order valence-corrected chi connectivity index (χ0v) is 16.0. The molecule has 0 aliphatic heterocycles. The van der Waals surface area contributed by atoms with E-state index in [1.807, 2.05) is 47.4 Å². The number of pyridine rings is 1. The van der Waals surface area contributed by atoms with E-state index in [9.17, 15) is 4.79 Å². The molecule has 4 rings (SSSR count). The number of rotatable bonds is 5. The van der Waals surface area contributed by atoms with Crippen LogP contribution in [0.1, 0.15) is 15.9 Å². The number of benzene rings is 2. The lowest BCUT2D eigenvalue weighted by Gasteiger charge is -2.05. The average Bonchev–Trinajstić information content (AvgIpc) is 2.98. The van der Waals surface area contributed by atoms with Crippen LogP contribution in [0.25, 0.3) is 10.9 Å². The van der Waals surface area contributed by atoms with Gasteiger partial charge in [-0.2, -0.15) is 4.57 Å². The highest BCUT2D eigenvalue weighted by molar-refractivity contribution is 6.35.